The Bertz CT molecular complexity index is 994. The van der Waals surface area contributed by atoms with Gasteiger partial charge in [-0.1, -0.05) is 24.3 Å². The van der Waals surface area contributed by atoms with Gasteiger partial charge in [0, 0.05) is 11.8 Å². The van der Waals surface area contributed by atoms with Crippen molar-refractivity contribution in [2.24, 2.45) is 0 Å². The van der Waals surface area contributed by atoms with Gasteiger partial charge in [0.05, 0.1) is 25.3 Å². The Morgan fingerprint density at radius 1 is 0.926 bits per heavy atom. The molecule has 0 bridgehead atoms. The largest absolute Gasteiger partial charge is 0.496 e. The van der Waals surface area contributed by atoms with Crippen LogP contribution in [0.15, 0.2) is 54.6 Å². The van der Waals surface area contributed by atoms with E-state index in [9.17, 15) is 9.59 Å². The average Bonchev–Trinajstić information content (AvgIpc) is 3.07. The summed E-state index contributed by atoms with van der Waals surface area (Å²) in [6.07, 6.45) is 0. The lowest BCUT2D eigenvalue weighted by atomic mass is 10.2. The summed E-state index contributed by atoms with van der Waals surface area (Å²) in [5.74, 6) is 0.462. The predicted octanol–water partition coefficient (Wildman–Crippen LogP) is 3.15. The maximum Gasteiger partial charge on any atom is 0.282 e. The van der Waals surface area contributed by atoms with Crippen LogP contribution in [-0.4, -0.2) is 35.8 Å². The number of aromatic nitrogens is 2. The summed E-state index contributed by atoms with van der Waals surface area (Å²) in [5.41, 5.74) is 1.35. The van der Waals surface area contributed by atoms with E-state index < -0.39 is 0 Å². The highest BCUT2D eigenvalue weighted by atomic mass is 16.5. The molecule has 27 heavy (non-hydrogen) atoms. The first kappa shape index (κ1) is 18.2. The van der Waals surface area contributed by atoms with Crippen LogP contribution in [0, 0.1) is 6.92 Å². The zero-order chi connectivity index (χ0) is 19.4. The van der Waals surface area contributed by atoms with Crippen molar-refractivity contribution in [1.29, 1.82) is 0 Å². The molecule has 0 spiro atoms. The van der Waals surface area contributed by atoms with Crippen LogP contribution in [0.5, 0.6) is 11.5 Å². The van der Waals surface area contributed by atoms with Crippen molar-refractivity contribution in [1.82, 2.24) is 9.78 Å². The van der Waals surface area contributed by atoms with E-state index in [4.69, 9.17) is 9.47 Å². The molecule has 0 fully saturated rings. The summed E-state index contributed by atoms with van der Waals surface area (Å²) < 4.78 is 11.7. The first-order valence-corrected chi connectivity index (χ1v) is 8.24. The quantitative estimate of drug-likeness (QED) is 0.751. The number of ether oxygens (including phenoxy) is 2. The van der Waals surface area contributed by atoms with E-state index >= 15 is 0 Å². The summed E-state index contributed by atoms with van der Waals surface area (Å²) in [6.45, 7) is 1.74. The molecular formula is C20H19N3O4. The molecule has 0 aliphatic heterocycles. The fourth-order valence-corrected chi connectivity index (χ4v) is 2.69. The lowest BCUT2D eigenvalue weighted by Gasteiger charge is -2.08. The predicted molar refractivity (Wildman–Crippen MR) is 101 cm³/mol. The highest BCUT2D eigenvalue weighted by Crippen LogP contribution is 2.21. The highest BCUT2D eigenvalue weighted by Gasteiger charge is 2.19. The number of para-hydroxylation sites is 2. The second-order valence-electron chi connectivity index (χ2n) is 5.74. The summed E-state index contributed by atoms with van der Waals surface area (Å²) in [7, 11) is 3.00. The lowest BCUT2D eigenvalue weighted by Crippen LogP contribution is -2.17. The number of carbonyl (C=O) groups is 2. The summed E-state index contributed by atoms with van der Waals surface area (Å²) in [4.78, 5) is 25.3. The molecule has 1 N–H and O–H groups in total. The van der Waals surface area contributed by atoms with Gasteiger partial charge in [-0.2, -0.15) is 4.68 Å². The maximum absolute atomic E-state index is 12.8. The van der Waals surface area contributed by atoms with Crippen LogP contribution in [0.4, 0.5) is 5.82 Å². The zero-order valence-electron chi connectivity index (χ0n) is 15.2. The summed E-state index contributed by atoms with van der Waals surface area (Å²) >= 11 is 0. The Kier molecular flexibility index (Phi) is 5.21. The number of hydrogen-bond donors (Lipinski definition) is 1. The van der Waals surface area contributed by atoms with Crippen molar-refractivity contribution >= 4 is 17.6 Å². The van der Waals surface area contributed by atoms with E-state index in [2.05, 4.69) is 10.4 Å². The topological polar surface area (TPSA) is 82.5 Å². The van der Waals surface area contributed by atoms with Gasteiger partial charge in [0.1, 0.15) is 11.5 Å². The third kappa shape index (κ3) is 3.67. The summed E-state index contributed by atoms with van der Waals surface area (Å²) in [5, 5.41) is 6.92. The van der Waals surface area contributed by atoms with E-state index in [0.29, 0.717) is 28.3 Å². The van der Waals surface area contributed by atoms with E-state index in [-0.39, 0.29) is 17.6 Å². The van der Waals surface area contributed by atoms with Crippen LogP contribution in [-0.2, 0) is 0 Å². The molecule has 1 aromatic heterocycles. The Labute approximate surface area is 156 Å². The molecule has 3 rings (SSSR count). The highest BCUT2D eigenvalue weighted by molar-refractivity contribution is 6.06. The average molecular weight is 365 g/mol. The number of anilines is 1. The molecule has 7 heteroatoms. The van der Waals surface area contributed by atoms with Gasteiger partial charge in [0.2, 0.25) is 0 Å². The molecule has 0 saturated heterocycles. The number of methoxy groups -OCH3 is 2. The van der Waals surface area contributed by atoms with Gasteiger partial charge in [-0.3, -0.25) is 9.59 Å². The molecule has 2 aromatic carbocycles. The van der Waals surface area contributed by atoms with Crippen molar-refractivity contribution in [2.45, 2.75) is 6.92 Å². The number of rotatable bonds is 5. The van der Waals surface area contributed by atoms with Gasteiger partial charge >= 0.3 is 0 Å². The molecule has 0 aliphatic rings. The maximum atomic E-state index is 12.8. The Balaban J connectivity index is 1.86. The number of carbonyl (C=O) groups excluding carboxylic acids is 2. The van der Waals surface area contributed by atoms with Crippen LogP contribution < -0.4 is 14.8 Å². The first-order valence-electron chi connectivity index (χ1n) is 8.24. The standard InChI is InChI=1S/C20H19N3O4/c1-13-12-18(21-19(24)14-8-4-6-10-16(14)26-2)22-23(13)20(25)15-9-5-7-11-17(15)27-3/h4-12H,1-3H3,(H,21,22,24). The Hall–Kier alpha value is -3.61. The third-order valence-electron chi connectivity index (χ3n) is 4.01. The Morgan fingerprint density at radius 2 is 1.48 bits per heavy atom. The molecule has 3 aromatic rings. The molecule has 0 unspecified atom stereocenters. The smallest absolute Gasteiger partial charge is 0.282 e. The van der Waals surface area contributed by atoms with E-state index in [0.717, 1.165) is 0 Å². The van der Waals surface area contributed by atoms with E-state index in [1.165, 1.54) is 18.9 Å². The van der Waals surface area contributed by atoms with Crippen LogP contribution in [0.1, 0.15) is 26.4 Å². The van der Waals surface area contributed by atoms with Gasteiger partial charge in [0.25, 0.3) is 11.8 Å². The number of nitrogens with one attached hydrogen (secondary N) is 1. The van der Waals surface area contributed by atoms with E-state index in [1.54, 1.807) is 61.5 Å². The van der Waals surface area contributed by atoms with Crippen LogP contribution in [0.3, 0.4) is 0 Å². The fourth-order valence-electron chi connectivity index (χ4n) is 2.69. The second kappa shape index (κ2) is 7.74. The van der Waals surface area contributed by atoms with Crippen molar-refractivity contribution in [3.8, 4) is 11.5 Å². The molecule has 0 aliphatic carbocycles. The monoisotopic (exact) mass is 365 g/mol. The third-order valence-corrected chi connectivity index (χ3v) is 4.01. The first-order chi connectivity index (χ1) is 13.0. The minimum absolute atomic E-state index is 0.270. The number of aryl methyl sites for hydroxylation is 1. The number of hydrogen-bond acceptors (Lipinski definition) is 5. The molecule has 0 atom stereocenters. The minimum atomic E-state index is -0.373. The van der Waals surface area contributed by atoms with Crippen LogP contribution >= 0.6 is 0 Å². The number of benzene rings is 2. The normalized spacial score (nSPS) is 10.3. The molecule has 138 valence electrons. The minimum Gasteiger partial charge on any atom is -0.496 e. The molecule has 1 amide bonds. The van der Waals surface area contributed by atoms with Gasteiger partial charge in [0.15, 0.2) is 5.82 Å². The fraction of sp³-hybridized carbons (Fsp3) is 0.150. The Morgan fingerprint density at radius 3 is 2.11 bits per heavy atom. The molecule has 1 heterocycles. The van der Waals surface area contributed by atoms with Gasteiger partial charge < -0.3 is 14.8 Å². The van der Waals surface area contributed by atoms with Crippen LogP contribution in [0.2, 0.25) is 0 Å². The molecular weight excluding hydrogens is 346 g/mol. The lowest BCUT2D eigenvalue weighted by molar-refractivity contribution is 0.0937. The molecule has 7 nitrogen and oxygen atoms in total. The number of nitrogens with zero attached hydrogens (tertiary/aromatic N) is 2. The van der Waals surface area contributed by atoms with Crippen LogP contribution in [0.25, 0.3) is 0 Å². The SMILES string of the molecule is COc1ccccc1C(=O)Nc1cc(C)n(C(=O)c2ccccc2OC)n1. The number of amides is 1. The summed E-state index contributed by atoms with van der Waals surface area (Å²) in [6, 6.07) is 15.4. The van der Waals surface area contributed by atoms with E-state index in [1.807, 2.05) is 0 Å². The second-order valence-corrected chi connectivity index (χ2v) is 5.74. The van der Waals surface area contributed by atoms with Gasteiger partial charge in [-0.25, -0.2) is 0 Å². The van der Waals surface area contributed by atoms with Crippen molar-refractivity contribution in [3.05, 3.63) is 71.4 Å². The van der Waals surface area contributed by atoms with Crippen molar-refractivity contribution in [3.63, 3.8) is 0 Å². The van der Waals surface area contributed by atoms with Gasteiger partial charge in [-0.05, 0) is 31.2 Å². The zero-order valence-corrected chi connectivity index (χ0v) is 15.2. The molecule has 0 radical (unpaired) electrons. The molecule has 0 saturated carbocycles. The van der Waals surface area contributed by atoms with Crippen molar-refractivity contribution in [2.75, 3.05) is 19.5 Å². The van der Waals surface area contributed by atoms with Crippen molar-refractivity contribution < 1.29 is 19.1 Å². The van der Waals surface area contributed by atoms with Gasteiger partial charge in [-0.15, -0.1) is 5.10 Å².